The molecule has 0 radical (unpaired) electrons. The van der Waals surface area contributed by atoms with Crippen molar-refractivity contribution in [2.75, 3.05) is 6.54 Å². The Labute approximate surface area is 88.9 Å². The number of hydrogen-bond acceptors (Lipinski definition) is 2. The number of hydrogen-bond donors (Lipinski definition) is 2. The van der Waals surface area contributed by atoms with E-state index in [-0.39, 0.29) is 6.04 Å². The van der Waals surface area contributed by atoms with Gasteiger partial charge in [-0.3, -0.25) is 0 Å². The van der Waals surface area contributed by atoms with Crippen molar-refractivity contribution in [1.82, 2.24) is 5.32 Å². The van der Waals surface area contributed by atoms with E-state index >= 15 is 0 Å². The Balaban J connectivity index is 2.54. The van der Waals surface area contributed by atoms with Gasteiger partial charge in [0, 0.05) is 16.6 Å². The highest BCUT2D eigenvalue weighted by atomic mass is 35.5. The van der Waals surface area contributed by atoms with Gasteiger partial charge in [-0.15, -0.1) is 0 Å². The molecule has 2 rings (SSSR count). The van der Waals surface area contributed by atoms with Crippen molar-refractivity contribution in [3.8, 4) is 5.75 Å². The zero-order valence-electron chi connectivity index (χ0n) is 8.39. The highest BCUT2D eigenvalue weighted by Gasteiger charge is 2.25. The minimum Gasteiger partial charge on any atom is -0.507 e. The average molecular weight is 212 g/mol. The summed E-state index contributed by atoms with van der Waals surface area (Å²) in [5.74, 6) is 0.393. The summed E-state index contributed by atoms with van der Waals surface area (Å²) >= 11 is 6.08. The molecule has 1 fully saturated rings. The van der Waals surface area contributed by atoms with Crippen molar-refractivity contribution in [2.24, 2.45) is 0 Å². The molecule has 3 heteroatoms. The second-order valence-corrected chi connectivity index (χ2v) is 4.27. The van der Waals surface area contributed by atoms with Crippen LogP contribution in [-0.4, -0.2) is 11.7 Å². The van der Waals surface area contributed by atoms with Crippen LogP contribution in [0.5, 0.6) is 5.75 Å². The highest BCUT2D eigenvalue weighted by molar-refractivity contribution is 6.31. The Hall–Kier alpha value is -0.730. The molecular formula is C11H14ClNO. The van der Waals surface area contributed by atoms with Crippen molar-refractivity contribution in [1.29, 1.82) is 0 Å². The first kappa shape index (κ1) is 9.81. The van der Waals surface area contributed by atoms with Gasteiger partial charge in [-0.05, 0) is 44.0 Å². The molecule has 1 aliphatic rings. The number of nitrogens with one attached hydrogen (secondary N) is 1. The third-order valence-electron chi connectivity index (χ3n) is 2.91. The maximum Gasteiger partial charge on any atom is 0.123 e. The summed E-state index contributed by atoms with van der Waals surface area (Å²) in [7, 11) is 0. The fourth-order valence-electron chi connectivity index (χ4n) is 1.85. The number of aromatic hydroxyl groups is 1. The van der Waals surface area contributed by atoms with Gasteiger partial charge < -0.3 is 10.4 Å². The molecule has 76 valence electrons. The van der Waals surface area contributed by atoms with Gasteiger partial charge in [0.1, 0.15) is 5.75 Å². The molecule has 0 aliphatic carbocycles. The van der Waals surface area contributed by atoms with Crippen LogP contribution in [-0.2, 0) is 0 Å². The van der Waals surface area contributed by atoms with E-state index in [0.717, 1.165) is 34.7 Å². The van der Waals surface area contributed by atoms with Crippen LogP contribution in [0.1, 0.15) is 29.2 Å². The van der Waals surface area contributed by atoms with Crippen molar-refractivity contribution < 1.29 is 5.11 Å². The van der Waals surface area contributed by atoms with Crippen LogP contribution in [0.15, 0.2) is 6.07 Å². The standard InChI is InChI=1S/C11H14ClNO/c1-6-5-8(12)7(2)10(11(6)14)9-3-4-13-9/h5,9,13-14H,3-4H2,1-2H3. The summed E-state index contributed by atoms with van der Waals surface area (Å²) in [4.78, 5) is 0. The minimum atomic E-state index is 0.285. The van der Waals surface area contributed by atoms with Gasteiger partial charge in [0.15, 0.2) is 0 Å². The lowest BCUT2D eigenvalue weighted by atomic mass is 9.91. The molecule has 1 heterocycles. The van der Waals surface area contributed by atoms with E-state index in [0.29, 0.717) is 5.75 Å². The molecule has 1 saturated heterocycles. The third-order valence-corrected chi connectivity index (χ3v) is 3.30. The van der Waals surface area contributed by atoms with Gasteiger partial charge in [0.2, 0.25) is 0 Å². The number of halogens is 1. The highest BCUT2D eigenvalue weighted by Crippen LogP contribution is 2.38. The Morgan fingerprint density at radius 1 is 1.50 bits per heavy atom. The molecule has 1 aromatic carbocycles. The van der Waals surface area contributed by atoms with E-state index in [1.54, 1.807) is 0 Å². The van der Waals surface area contributed by atoms with Crippen LogP contribution in [0.25, 0.3) is 0 Å². The summed E-state index contributed by atoms with van der Waals surface area (Å²) in [5, 5.41) is 14.0. The lowest BCUT2D eigenvalue weighted by Gasteiger charge is -2.30. The van der Waals surface area contributed by atoms with E-state index in [9.17, 15) is 5.11 Å². The number of aryl methyl sites for hydroxylation is 1. The van der Waals surface area contributed by atoms with E-state index < -0.39 is 0 Å². The van der Waals surface area contributed by atoms with Crippen LogP contribution >= 0.6 is 11.6 Å². The Morgan fingerprint density at radius 2 is 2.14 bits per heavy atom. The zero-order valence-corrected chi connectivity index (χ0v) is 9.15. The molecule has 2 N–H and O–H groups in total. The first-order valence-electron chi connectivity index (χ1n) is 4.83. The molecular weight excluding hydrogens is 198 g/mol. The smallest absolute Gasteiger partial charge is 0.123 e. The molecule has 0 amide bonds. The fourth-order valence-corrected chi connectivity index (χ4v) is 2.11. The number of rotatable bonds is 1. The van der Waals surface area contributed by atoms with Crippen LogP contribution in [0.3, 0.4) is 0 Å². The Bertz CT molecular complexity index is 346. The van der Waals surface area contributed by atoms with Crippen molar-refractivity contribution >= 4 is 11.6 Å². The second kappa shape index (κ2) is 3.44. The third kappa shape index (κ3) is 1.39. The van der Waals surface area contributed by atoms with Crippen LogP contribution < -0.4 is 5.32 Å². The average Bonchev–Trinajstić information content (AvgIpc) is 2.06. The van der Waals surface area contributed by atoms with Crippen LogP contribution in [0.2, 0.25) is 5.02 Å². The molecule has 1 atom stereocenters. The van der Waals surface area contributed by atoms with Gasteiger partial charge in [-0.1, -0.05) is 11.6 Å². The minimum absolute atomic E-state index is 0.285. The summed E-state index contributed by atoms with van der Waals surface area (Å²) in [6, 6.07) is 2.10. The molecule has 0 saturated carbocycles. The monoisotopic (exact) mass is 211 g/mol. The van der Waals surface area contributed by atoms with Crippen LogP contribution in [0.4, 0.5) is 0 Å². The SMILES string of the molecule is Cc1cc(Cl)c(C)c(C2CCN2)c1O. The van der Waals surface area contributed by atoms with E-state index in [4.69, 9.17) is 11.6 Å². The van der Waals surface area contributed by atoms with E-state index in [1.807, 2.05) is 19.9 Å². The topological polar surface area (TPSA) is 32.3 Å². The summed E-state index contributed by atoms with van der Waals surface area (Å²) in [5.41, 5.74) is 2.82. The number of phenols is 1. The summed E-state index contributed by atoms with van der Waals surface area (Å²) in [6.45, 7) is 4.86. The summed E-state index contributed by atoms with van der Waals surface area (Å²) < 4.78 is 0. The molecule has 1 aromatic rings. The van der Waals surface area contributed by atoms with E-state index in [2.05, 4.69) is 5.32 Å². The molecule has 0 spiro atoms. The van der Waals surface area contributed by atoms with Gasteiger partial charge in [-0.25, -0.2) is 0 Å². The Morgan fingerprint density at radius 3 is 2.64 bits per heavy atom. The molecule has 0 bridgehead atoms. The van der Waals surface area contributed by atoms with Crippen LogP contribution in [0, 0.1) is 13.8 Å². The quantitative estimate of drug-likeness (QED) is 0.749. The second-order valence-electron chi connectivity index (χ2n) is 3.86. The molecule has 2 nitrogen and oxygen atoms in total. The predicted octanol–water partition coefficient (Wildman–Crippen LogP) is 2.70. The van der Waals surface area contributed by atoms with E-state index in [1.165, 1.54) is 0 Å². The summed E-state index contributed by atoms with van der Waals surface area (Å²) in [6.07, 6.45) is 1.08. The maximum absolute atomic E-state index is 9.94. The molecule has 0 aromatic heterocycles. The number of benzene rings is 1. The molecule has 1 unspecified atom stereocenters. The lowest BCUT2D eigenvalue weighted by Crippen LogP contribution is -2.35. The maximum atomic E-state index is 9.94. The first-order chi connectivity index (χ1) is 6.61. The molecule has 14 heavy (non-hydrogen) atoms. The van der Waals surface area contributed by atoms with Crippen molar-refractivity contribution in [3.05, 3.63) is 27.8 Å². The zero-order chi connectivity index (χ0) is 10.3. The largest absolute Gasteiger partial charge is 0.507 e. The first-order valence-corrected chi connectivity index (χ1v) is 5.21. The van der Waals surface area contributed by atoms with Gasteiger partial charge in [-0.2, -0.15) is 0 Å². The normalized spacial score (nSPS) is 20.6. The molecule has 1 aliphatic heterocycles. The fraction of sp³-hybridized carbons (Fsp3) is 0.455. The van der Waals surface area contributed by atoms with Crippen molar-refractivity contribution in [2.45, 2.75) is 26.3 Å². The predicted molar refractivity (Wildman–Crippen MR) is 58.0 cm³/mol. The lowest BCUT2D eigenvalue weighted by molar-refractivity contribution is 0.362. The van der Waals surface area contributed by atoms with Gasteiger partial charge in [0.25, 0.3) is 0 Å². The van der Waals surface area contributed by atoms with Gasteiger partial charge in [0.05, 0.1) is 0 Å². The Kier molecular flexibility index (Phi) is 2.41. The van der Waals surface area contributed by atoms with Gasteiger partial charge >= 0.3 is 0 Å². The van der Waals surface area contributed by atoms with Crippen molar-refractivity contribution in [3.63, 3.8) is 0 Å². The number of phenolic OH excluding ortho intramolecular Hbond substituents is 1.